The van der Waals surface area contributed by atoms with E-state index >= 15 is 0 Å². The second-order valence-corrected chi connectivity index (χ2v) is 5.62. The van der Waals surface area contributed by atoms with Gasteiger partial charge >= 0.3 is 12.0 Å². The molecule has 0 aliphatic rings. The van der Waals surface area contributed by atoms with Gasteiger partial charge in [0.05, 0.1) is 20.1 Å². The fourth-order valence-corrected chi connectivity index (χ4v) is 2.39. The van der Waals surface area contributed by atoms with Crippen molar-refractivity contribution in [3.8, 4) is 5.75 Å². The Labute approximate surface area is 153 Å². The van der Waals surface area contributed by atoms with E-state index in [1.807, 2.05) is 37.3 Å². The molecule has 0 spiro atoms. The molecule has 0 unspecified atom stereocenters. The van der Waals surface area contributed by atoms with Crippen LogP contribution in [0.4, 0.5) is 10.5 Å². The number of amides is 2. The molecule has 0 saturated heterocycles. The number of nitrogens with zero attached hydrogens (tertiary/aromatic N) is 1. The Morgan fingerprint density at radius 2 is 1.73 bits per heavy atom. The van der Waals surface area contributed by atoms with E-state index in [0.717, 1.165) is 11.3 Å². The summed E-state index contributed by atoms with van der Waals surface area (Å²) in [4.78, 5) is 25.7. The third-order valence-electron chi connectivity index (χ3n) is 3.73. The first-order valence-corrected chi connectivity index (χ1v) is 8.52. The first-order valence-electron chi connectivity index (χ1n) is 8.52. The number of carbonyl (C=O) groups excluding carboxylic acids is 2. The standard InChI is InChI=1S/C20H24N2O4/c1-3-26-18-11-9-17(10-12-18)21-20(24)22(14-13-19(23)25-2)15-16-7-5-4-6-8-16/h4-12H,3,13-15H2,1-2H3,(H,21,24). The Bertz CT molecular complexity index is 702. The lowest BCUT2D eigenvalue weighted by atomic mass is 10.2. The molecule has 0 bridgehead atoms. The third-order valence-corrected chi connectivity index (χ3v) is 3.73. The van der Waals surface area contributed by atoms with E-state index in [2.05, 4.69) is 10.1 Å². The van der Waals surface area contributed by atoms with E-state index in [1.54, 1.807) is 29.2 Å². The van der Waals surface area contributed by atoms with Gasteiger partial charge in [-0.15, -0.1) is 0 Å². The molecule has 0 aliphatic carbocycles. The van der Waals surface area contributed by atoms with E-state index in [-0.39, 0.29) is 25.0 Å². The summed E-state index contributed by atoms with van der Waals surface area (Å²) in [6.45, 7) is 3.17. The zero-order chi connectivity index (χ0) is 18.8. The van der Waals surface area contributed by atoms with Crippen molar-refractivity contribution in [1.82, 2.24) is 4.90 Å². The Morgan fingerprint density at radius 1 is 1.04 bits per heavy atom. The van der Waals surface area contributed by atoms with Crippen LogP contribution in [0.1, 0.15) is 18.9 Å². The van der Waals surface area contributed by atoms with Crippen LogP contribution in [0.5, 0.6) is 5.75 Å². The predicted octanol–water partition coefficient (Wildman–Crippen LogP) is 3.68. The molecular weight excluding hydrogens is 332 g/mol. The summed E-state index contributed by atoms with van der Waals surface area (Å²) in [5.41, 5.74) is 1.65. The fourth-order valence-electron chi connectivity index (χ4n) is 2.39. The van der Waals surface area contributed by atoms with Gasteiger partial charge in [-0.3, -0.25) is 4.79 Å². The smallest absolute Gasteiger partial charge is 0.322 e. The maximum atomic E-state index is 12.7. The van der Waals surface area contributed by atoms with E-state index in [0.29, 0.717) is 18.8 Å². The number of anilines is 1. The normalized spacial score (nSPS) is 10.1. The highest BCUT2D eigenvalue weighted by Gasteiger charge is 2.16. The summed E-state index contributed by atoms with van der Waals surface area (Å²) in [5, 5.41) is 2.85. The number of hydrogen-bond donors (Lipinski definition) is 1. The lowest BCUT2D eigenvalue weighted by molar-refractivity contribution is -0.140. The lowest BCUT2D eigenvalue weighted by Crippen LogP contribution is -2.36. The minimum atomic E-state index is -0.350. The number of urea groups is 1. The van der Waals surface area contributed by atoms with Crippen molar-refractivity contribution in [3.63, 3.8) is 0 Å². The number of methoxy groups -OCH3 is 1. The Morgan fingerprint density at radius 3 is 2.35 bits per heavy atom. The van der Waals surface area contributed by atoms with E-state index < -0.39 is 0 Å². The molecule has 0 atom stereocenters. The molecule has 6 heteroatoms. The SMILES string of the molecule is CCOc1ccc(NC(=O)N(CCC(=O)OC)Cc2ccccc2)cc1. The first kappa shape index (κ1) is 19.3. The number of carbonyl (C=O) groups is 2. The van der Waals surface area contributed by atoms with Crippen LogP contribution in [0.15, 0.2) is 54.6 Å². The maximum absolute atomic E-state index is 12.7. The average Bonchev–Trinajstić information content (AvgIpc) is 2.67. The molecule has 0 saturated carbocycles. The van der Waals surface area contributed by atoms with Crippen LogP contribution in [0.2, 0.25) is 0 Å². The molecule has 0 fully saturated rings. The van der Waals surface area contributed by atoms with Crippen LogP contribution in [-0.2, 0) is 16.1 Å². The molecule has 26 heavy (non-hydrogen) atoms. The number of hydrogen-bond acceptors (Lipinski definition) is 4. The molecule has 1 N–H and O–H groups in total. The zero-order valence-corrected chi connectivity index (χ0v) is 15.1. The van der Waals surface area contributed by atoms with Crippen molar-refractivity contribution < 1.29 is 19.1 Å². The Kier molecular flexibility index (Phi) is 7.49. The molecule has 0 heterocycles. The van der Waals surface area contributed by atoms with Gasteiger partial charge in [0.2, 0.25) is 0 Å². The van der Waals surface area contributed by atoms with E-state index in [4.69, 9.17) is 4.74 Å². The van der Waals surface area contributed by atoms with Crippen LogP contribution in [0.25, 0.3) is 0 Å². The molecule has 2 rings (SSSR count). The van der Waals surface area contributed by atoms with Gasteiger partial charge in [-0.05, 0) is 36.8 Å². The molecule has 2 aromatic carbocycles. The average molecular weight is 356 g/mol. The summed E-state index contributed by atoms with van der Waals surface area (Å²) < 4.78 is 10.1. The van der Waals surface area contributed by atoms with E-state index in [1.165, 1.54) is 7.11 Å². The minimum Gasteiger partial charge on any atom is -0.494 e. The number of rotatable bonds is 8. The highest BCUT2D eigenvalue weighted by atomic mass is 16.5. The second-order valence-electron chi connectivity index (χ2n) is 5.62. The summed E-state index contributed by atoms with van der Waals surface area (Å²) in [6, 6.07) is 16.5. The van der Waals surface area contributed by atoms with Crippen molar-refractivity contribution in [2.45, 2.75) is 19.9 Å². The van der Waals surface area contributed by atoms with Crippen molar-refractivity contribution in [2.24, 2.45) is 0 Å². The lowest BCUT2D eigenvalue weighted by Gasteiger charge is -2.23. The Balaban J connectivity index is 2.04. The number of ether oxygens (including phenoxy) is 2. The van der Waals surface area contributed by atoms with Gasteiger partial charge in [-0.1, -0.05) is 30.3 Å². The van der Waals surface area contributed by atoms with Crippen LogP contribution in [-0.4, -0.2) is 37.2 Å². The quantitative estimate of drug-likeness (QED) is 0.733. The van der Waals surface area contributed by atoms with Crippen LogP contribution >= 0.6 is 0 Å². The van der Waals surface area contributed by atoms with Crippen LogP contribution in [0.3, 0.4) is 0 Å². The minimum absolute atomic E-state index is 0.139. The summed E-state index contributed by atoms with van der Waals surface area (Å²) in [6.07, 6.45) is 0.139. The topological polar surface area (TPSA) is 67.9 Å². The van der Waals surface area contributed by atoms with E-state index in [9.17, 15) is 9.59 Å². The van der Waals surface area contributed by atoms with Crippen molar-refractivity contribution in [1.29, 1.82) is 0 Å². The highest BCUT2D eigenvalue weighted by Crippen LogP contribution is 2.16. The number of benzene rings is 2. The third kappa shape index (κ3) is 6.12. The summed E-state index contributed by atoms with van der Waals surface area (Å²) >= 11 is 0. The van der Waals surface area contributed by atoms with Crippen LogP contribution in [0, 0.1) is 0 Å². The van der Waals surface area contributed by atoms with Gasteiger partial charge in [0, 0.05) is 18.8 Å². The molecular formula is C20H24N2O4. The zero-order valence-electron chi connectivity index (χ0n) is 15.1. The van der Waals surface area contributed by atoms with Crippen molar-refractivity contribution >= 4 is 17.7 Å². The predicted molar refractivity (Wildman–Crippen MR) is 100 cm³/mol. The van der Waals surface area contributed by atoms with Gasteiger partial charge in [0.1, 0.15) is 5.75 Å². The molecule has 2 amide bonds. The monoisotopic (exact) mass is 356 g/mol. The summed E-state index contributed by atoms with van der Waals surface area (Å²) in [5.74, 6) is 0.397. The van der Waals surface area contributed by atoms with Gasteiger partial charge in [0.25, 0.3) is 0 Å². The first-order chi connectivity index (χ1) is 12.6. The molecule has 0 aromatic heterocycles. The molecule has 0 radical (unpaired) electrons. The van der Waals surface area contributed by atoms with Crippen LogP contribution < -0.4 is 10.1 Å². The van der Waals surface area contributed by atoms with Crippen molar-refractivity contribution in [3.05, 3.63) is 60.2 Å². The number of esters is 1. The van der Waals surface area contributed by atoms with Gasteiger partial charge in [-0.25, -0.2) is 4.79 Å². The molecule has 0 aliphatic heterocycles. The van der Waals surface area contributed by atoms with Gasteiger partial charge in [0.15, 0.2) is 0 Å². The molecule has 2 aromatic rings. The largest absolute Gasteiger partial charge is 0.494 e. The summed E-state index contributed by atoms with van der Waals surface area (Å²) in [7, 11) is 1.34. The fraction of sp³-hybridized carbons (Fsp3) is 0.300. The second kappa shape index (κ2) is 10.1. The number of nitrogens with one attached hydrogen (secondary N) is 1. The molecule has 138 valence electrons. The molecule has 6 nitrogen and oxygen atoms in total. The Hall–Kier alpha value is -3.02. The van der Waals surface area contributed by atoms with Gasteiger partial charge in [-0.2, -0.15) is 0 Å². The highest BCUT2D eigenvalue weighted by molar-refractivity contribution is 5.89. The van der Waals surface area contributed by atoms with Crippen molar-refractivity contribution in [2.75, 3.05) is 25.6 Å². The maximum Gasteiger partial charge on any atom is 0.322 e. The van der Waals surface area contributed by atoms with Gasteiger partial charge < -0.3 is 19.7 Å².